The number of halogens is 1. The number of benzene rings is 1. The van der Waals surface area contributed by atoms with Gasteiger partial charge in [-0.2, -0.15) is 0 Å². The molecule has 0 saturated carbocycles. The van der Waals surface area contributed by atoms with Crippen molar-refractivity contribution in [1.29, 1.82) is 0 Å². The minimum Gasteiger partial charge on any atom is -0.489 e. The third-order valence-electron chi connectivity index (χ3n) is 3.60. The highest BCUT2D eigenvalue weighted by atomic mass is 35.5. The van der Waals surface area contributed by atoms with Gasteiger partial charge in [-0.1, -0.05) is 11.6 Å². The van der Waals surface area contributed by atoms with Gasteiger partial charge in [-0.25, -0.2) is 0 Å². The average molecular weight is 351 g/mol. The zero-order valence-corrected chi connectivity index (χ0v) is 14.7. The van der Waals surface area contributed by atoms with Crippen molar-refractivity contribution in [3.8, 4) is 5.75 Å². The summed E-state index contributed by atoms with van der Waals surface area (Å²) in [6.07, 6.45) is 0.118. The summed E-state index contributed by atoms with van der Waals surface area (Å²) in [6.45, 7) is 6.07. The Labute approximate surface area is 145 Å². The first-order valence-corrected chi connectivity index (χ1v) is 8.73. The van der Waals surface area contributed by atoms with Crippen LogP contribution in [0.4, 0.5) is 5.00 Å². The zero-order valence-electron chi connectivity index (χ0n) is 13.1. The van der Waals surface area contributed by atoms with Gasteiger partial charge in [0, 0.05) is 42.0 Å². The van der Waals surface area contributed by atoms with Crippen LogP contribution < -0.4 is 10.1 Å². The van der Waals surface area contributed by atoms with Gasteiger partial charge in [-0.05, 0) is 37.3 Å². The van der Waals surface area contributed by atoms with E-state index in [1.54, 1.807) is 11.3 Å². The van der Waals surface area contributed by atoms with E-state index in [1.165, 1.54) is 11.8 Å². The quantitative estimate of drug-likeness (QED) is 0.904. The lowest BCUT2D eigenvalue weighted by Gasteiger charge is -2.21. The van der Waals surface area contributed by atoms with Gasteiger partial charge in [0.05, 0.1) is 5.00 Å². The van der Waals surface area contributed by atoms with Gasteiger partial charge in [0.1, 0.15) is 11.9 Å². The molecule has 122 valence electrons. The van der Waals surface area contributed by atoms with Crippen molar-refractivity contribution in [3.63, 3.8) is 0 Å². The number of ether oxygens (including phenoxy) is 1. The second-order valence-corrected chi connectivity index (χ2v) is 7.40. The fourth-order valence-electron chi connectivity index (χ4n) is 2.75. The molecule has 0 aliphatic carbocycles. The van der Waals surface area contributed by atoms with Gasteiger partial charge in [0.2, 0.25) is 5.91 Å². The molecule has 1 amide bonds. The first-order valence-electron chi connectivity index (χ1n) is 7.53. The van der Waals surface area contributed by atoms with Gasteiger partial charge in [0.25, 0.3) is 0 Å². The average Bonchev–Trinajstić information content (AvgIpc) is 2.80. The lowest BCUT2D eigenvalue weighted by molar-refractivity contribution is -0.114. The highest BCUT2D eigenvalue weighted by Crippen LogP contribution is 2.30. The Morgan fingerprint density at radius 1 is 1.43 bits per heavy atom. The number of hydrogen-bond donors (Lipinski definition) is 1. The van der Waals surface area contributed by atoms with Crippen LogP contribution in [-0.2, 0) is 17.9 Å². The van der Waals surface area contributed by atoms with Crippen molar-refractivity contribution in [2.75, 3.05) is 11.9 Å². The molecule has 1 aromatic carbocycles. The van der Waals surface area contributed by atoms with E-state index in [0.717, 1.165) is 41.0 Å². The normalized spacial score (nSPS) is 18.0. The molecule has 1 atom stereocenters. The van der Waals surface area contributed by atoms with E-state index in [1.807, 2.05) is 24.3 Å². The molecule has 1 N–H and O–H groups in total. The second kappa shape index (κ2) is 6.91. The molecule has 2 aromatic rings. The largest absolute Gasteiger partial charge is 0.489 e. The number of carbonyl (C=O) groups is 1. The molecular weight excluding hydrogens is 332 g/mol. The fourth-order valence-corrected chi connectivity index (χ4v) is 3.95. The first kappa shape index (κ1) is 16.3. The van der Waals surface area contributed by atoms with Gasteiger partial charge >= 0.3 is 0 Å². The number of nitrogens with one attached hydrogen (secondary N) is 1. The van der Waals surface area contributed by atoms with E-state index in [0.29, 0.717) is 0 Å². The van der Waals surface area contributed by atoms with Crippen molar-refractivity contribution >= 4 is 33.8 Å². The summed E-state index contributed by atoms with van der Waals surface area (Å²) in [4.78, 5) is 14.7. The fraction of sp³-hybridized carbons (Fsp3) is 0.353. The summed E-state index contributed by atoms with van der Waals surface area (Å²) in [6, 6.07) is 9.79. The predicted octanol–water partition coefficient (Wildman–Crippen LogP) is 4.14. The minimum atomic E-state index is -0.0428. The summed E-state index contributed by atoms with van der Waals surface area (Å²) in [7, 11) is 0. The van der Waals surface area contributed by atoms with Crippen molar-refractivity contribution in [3.05, 3.63) is 45.8 Å². The molecule has 6 heteroatoms. The maximum atomic E-state index is 11.1. The highest BCUT2D eigenvalue weighted by molar-refractivity contribution is 7.16. The molecular formula is C17H19ClN2O2S. The zero-order chi connectivity index (χ0) is 16.4. The Bertz CT molecular complexity index is 716. The van der Waals surface area contributed by atoms with E-state index in [-0.39, 0.29) is 12.0 Å². The van der Waals surface area contributed by atoms with E-state index in [2.05, 4.69) is 23.2 Å². The third kappa shape index (κ3) is 4.25. The monoisotopic (exact) mass is 350 g/mol. The molecule has 0 saturated heterocycles. The number of carbonyl (C=O) groups excluding carboxylic acids is 1. The predicted molar refractivity (Wildman–Crippen MR) is 94.3 cm³/mol. The van der Waals surface area contributed by atoms with Gasteiger partial charge in [-0.15, -0.1) is 11.3 Å². The number of anilines is 1. The van der Waals surface area contributed by atoms with Crippen LogP contribution >= 0.6 is 22.9 Å². The van der Waals surface area contributed by atoms with Crippen LogP contribution in [-0.4, -0.2) is 23.5 Å². The summed E-state index contributed by atoms with van der Waals surface area (Å²) in [5.74, 6) is 0.869. The second-order valence-electron chi connectivity index (χ2n) is 5.80. The molecule has 0 spiro atoms. The lowest BCUT2D eigenvalue weighted by atomic mass is 10.2. The van der Waals surface area contributed by atoms with Crippen molar-refractivity contribution in [1.82, 2.24) is 4.90 Å². The van der Waals surface area contributed by atoms with Crippen LogP contribution in [0.2, 0.25) is 5.02 Å². The number of rotatable bonds is 3. The van der Waals surface area contributed by atoms with E-state index in [9.17, 15) is 4.79 Å². The number of hydrogen-bond acceptors (Lipinski definition) is 4. The summed E-state index contributed by atoms with van der Waals surface area (Å²) in [5, 5.41) is 4.44. The molecule has 1 aliphatic rings. The molecule has 0 bridgehead atoms. The van der Waals surface area contributed by atoms with E-state index in [4.69, 9.17) is 16.3 Å². The van der Waals surface area contributed by atoms with E-state index < -0.39 is 0 Å². The Balaban J connectivity index is 1.74. The molecule has 1 aliphatic heterocycles. The number of thiophene rings is 1. The highest BCUT2D eigenvalue weighted by Gasteiger charge is 2.21. The van der Waals surface area contributed by atoms with Crippen LogP contribution in [0.3, 0.4) is 0 Å². The number of amides is 1. The summed E-state index contributed by atoms with van der Waals surface area (Å²) < 4.78 is 5.98. The SMILES string of the molecule is CC(=O)Nc1ccc(CN2Cc3cc(Cl)ccc3OC(C)C2)s1. The van der Waals surface area contributed by atoms with Crippen LogP contribution in [0.15, 0.2) is 30.3 Å². The summed E-state index contributed by atoms with van der Waals surface area (Å²) in [5.41, 5.74) is 1.11. The van der Waals surface area contributed by atoms with Crippen LogP contribution in [0.1, 0.15) is 24.3 Å². The molecule has 1 unspecified atom stereocenters. The Hall–Kier alpha value is -1.56. The molecule has 2 heterocycles. The van der Waals surface area contributed by atoms with Gasteiger partial charge in [0.15, 0.2) is 0 Å². The van der Waals surface area contributed by atoms with Crippen molar-refractivity contribution in [2.24, 2.45) is 0 Å². The standard InChI is InChI=1S/C17H19ClN2O2S/c1-11-8-20(9-13-7-14(18)3-5-16(13)22-11)10-15-4-6-17(23-15)19-12(2)21/h3-7,11H,8-10H2,1-2H3,(H,19,21). The van der Waals surface area contributed by atoms with Crippen LogP contribution in [0.5, 0.6) is 5.75 Å². The Kier molecular flexibility index (Phi) is 4.90. The maximum Gasteiger partial charge on any atom is 0.221 e. The van der Waals surface area contributed by atoms with Crippen molar-refractivity contribution < 1.29 is 9.53 Å². The Morgan fingerprint density at radius 3 is 3.04 bits per heavy atom. The number of fused-ring (bicyclic) bond motifs is 1. The molecule has 3 rings (SSSR count). The van der Waals surface area contributed by atoms with Crippen molar-refractivity contribution in [2.45, 2.75) is 33.0 Å². The summed E-state index contributed by atoms with van der Waals surface area (Å²) >= 11 is 7.72. The van der Waals surface area contributed by atoms with Gasteiger partial charge in [-0.3, -0.25) is 9.69 Å². The molecule has 0 radical (unpaired) electrons. The molecule has 4 nitrogen and oxygen atoms in total. The smallest absolute Gasteiger partial charge is 0.221 e. The third-order valence-corrected chi connectivity index (χ3v) is 4.82. The number of nitrogens with zero attached hydrogens (tertiary/aromatic N) is 1. The maximum absolute atomic E-state index is 11.1. The lowest BCUT2D eigenvalue weighted by Crippen LogP contribution is -2.30. The van der Waals surface area contributed by atoms with Crippen LogP contribution in [0, 0.1) is 0 Å². The topological polar surface area (TPSA) is 41.6 Å². The van der Waals surface area contributed by atoms with Gasteiger partial charge < -0.3 is 10.1 Å². The first-order chi connectivity index (χ1) is 11.0. The molecule has 1 aromatic heterocycles. The van der Waals surface area contributed by atoms with E-state index >= 15 is 0 Å². The van der Waals surface area contributed by atoms with Crippen LogP contribution in [0.25, 0.3) is 0 Å². The molecule has 23 heavy (non-hydrogen) atoms. The minimum absolute atomic E-state index is 0.0428. The Morgan fingerprint density at radius 2 is 2.26 bits per heavy atom. The molecule has 0 fully saturated rings.